The number of nitrogens with zero attached hydrogens (tertiary/aromatic N) is 4. The van der Waals surface area contributed by atoms with E-state index in [-0.39, 0.29) is 6.04 Å². The summed E-state index contributed by atoms with van der Waals surface area (Å²) >= 11 is 0. The highest BCUT2D eigenvalue weighted by Crippen LogP contribution is 2.44. The van der Waals surface area contributed by atoms with Crippen LogP contribution in [0, 0.1) is 0 Å². The van der Waals surface area contributed by atoms with Gasteiger partial charge in [-0.1, -0.05) is 141 Å². The Morgan fingerprint density at radius 3 is 2.02 bits per heavy atom. The number of anilines is 2. The van der Waals surface area contributed by atoms with E-state index in [1.54, 1.807) is 0 Å². The fourth-order valence-electron chi connectivity index (χ4n) is 7.17. The van der Waals surface area contributed by atoms with E-state index >= 15 is 0 Å². The number of hydrogen-bond acceptors (Lipinski definition) is 3. The Labute approximate surface area is 282 Å². The maximum absolute atomic E-state index is 5.54. The lowest BCUT2D eigenvalue weighted by Crippen LogP contribution is -2.31. The van der Waals surface area contributed by atoms with Gasteiger partial charge in [0, 0.05) is 22.9 Å². The monoisotopic (exact) mass is 622 g/mol. The Hall–Kier alpha value is -5.74. The fraction of sp³-hybridized carbons (Fsp3) is 0.136. The molecule has 8 rings (SSSR count). The van der Waals surface area contributed by atoms with E-state index in [4.69, 9.17) is 9.98 Å². The number of fused-ring (bicyclic) bond motifs is 3. The van der Waals surface area contributed by atoms with Crippen molar-refractivity contribution < 1.29 is 0 Å². The predicted octanol–water partition coefficient (Wildman–Crippen LogP) is 11.0. The van der Waals surface area contributed by atoms with Crippen molar-refractivity contribution in [1.82, 2.24) is 4.57 Å². The summed E-state index contributed by atoms with van der Waals surface area (Å²) in [4.78, 5) is 13.4. The van der Waals surface area contributed by atoms with Crippen molar-refractivity contribution >= 4 is 44.9 Å². The summed E-state index contributed by atoms with van der Waals surface area (Å²) in [6.07, 6.45) is 2.48. The van der Waals surface area contributed by atoms with E-state index in [9.17, 15) is 0 Å². The van der Waals surface area contributed by atoms with Crippen LogP contribution in [0.3, 0.4) is 0 Å². The zero-order valence-electron chi connectivity index (χ0n) is 27.4. The maximum Gasteiger partial charge on any atom is 0.230 e. The van der Waals surface area contributed by atoms with E-state index in [2.05, 4.69) is 175 Å². The van der Waals surface area contributed by atoms with Crippen LogP contribution in [0.1, 0.15) is 48.6 Å². The third-order valence-corrected chi connectivity index (χ3v) is 9.51. The normalized spacial score (nSPS) is 14.6. The third-order valence-electron chi connectivity index (χ3n) is 9.51. The molecule has 6 aromatic carbocycles. The maximum atomic E-state index is 5.54. The highest BCUT2D eigenvalue weighted by molar-refractivity contribution is 6.21. The average Bonchev–Trinajstić information content (AvgIpc) is 3.51. The van der Waals surface area contributed by atoms with Crippen molar-refractivity contribution in [2.75, 3.05) is 4.90 Å². The van der Waals surface area contributed by atoms with Crippen LogP contribution in [0.15, 0.2) is 162 Å². The number of aliphatic imine (C=N–C) groups is 2. The molecule has 0 spiro atoms. The van der Waals surface area contributed by atoms with E-state index in [1.807, 2.05) is 0 Å². The summed E-state index contributed by atoms with van der Waals surface area (Å²) in [5.74, 6) is 0.710. The van der Waals surface area contributed by atoms with Crippen LogP contribution in [0.25, 0.3) is 27.5 Å². The summed E-state index contributed by atoms with van der Waals surface area (Å²) in [5, 5.41) is 2.44. The van der Waals surface area contributed by atoms with Crippen molar-refractivity contribution in [1.29, 1.82) is 0 Å². The van der Waals surface area contributed by atoms with Gasteiger partial charge in [-0.2, -0.15) is 0 Å². The smallest absolute Gasteiger partial charge is 0.230 e. The van der Waals surface area contributed by atoms with Crippen LogP contribution < -0.4 is 4.90 Å². The molecular formula is C44H38N4. The number of aromatic nitrogens is 1. The minimum Gasteiger partial charge on any atom is -0.307 e. The van der Waals surface area contributed by atoms with E-state index < -0.39 is 0 Å². The quantitative estimate of drug-likeness (QED) is 0.174. The molecule has 1 aliphatic heterocycles. The summed E-state index contributed by atoms with van der Waals surface area (Å²) < 4.78 is 2.43. The van der Waals surface area contributed by atoms with Gasteiger partial charge in [0.05, 0.1) is 34.2 Å². The first-order chi connectivity index (χ1) is 23.7. The van der Waals surface area contributed by atoms with E-state index in [0.717, 1.165) is 53.1 Å². The molecule has 1 aliphatic rings. The zero-order valence-corrected chi connectivity index (χ0v) is 27.4. The first-order valence-electron chi connectivity index (χ1n) is 17.0. The van der Waals surface area contributed by atoms with Gasteiger partial charge in [-0.15, -0.1) is 0 Å². The predicted molar refractivity (Wildman–Crippen MR) is 202 cm³/mol. The number of hydrogen-bond donors (Lipinski definition) is 0. The van der Waals surface area contributed by atoms with Crippen LogP contribution in [0.4, 0.5) is 11.4 Å². The van der Waals surface area contributed by atoms with Gasteiger partial charge in [-0.05, 0) is 59.4 Å². The van der Waals surface area contributed by atoms with Gasteiger partial charge in [-0.25, -0.2) is 9.98 Å². The SMILES string of the molecule is CCc1ccccc1N(C1=NC(c2ccccc2)CC(c2ccccc2)=N1)c1c(CC)ccc2c3ccccc3n(-c3ccccc3)c12. The Kier molecular flexibility index (Phi) is 7.91. The Bertz CT molecular complexity index is 2280. The first-order valence-corrected chi connectivity index (χ1v) is 17.0. The molecule has 4 nitrogen and oxygen atoms in total. The Morgan fingerprint density at radius 2 is 1.27 bits per heavy atom. The summed E-state index contributed by atoms with van der Waals surface area (Å²) in [5.41, 5.74) is 11.6. The number of aryl methyl sites for hydroxylation is 2. The van der Waals surface area contributed by atoms with Crippen molar-refractivity contribution in [2.45, 2.75) is 39.2 Å². The molecule has 0 fully saturated rings. The average molecular weight is 623 g/mol. The van der Waals surface area contributed by atoms with Crippen molar-refractivity contribution in [3.8, 4) is 5.69 Å². The molecule has 0 N–H and O–H groups in total. The Morgan fingerprint density at radius 1 is 0.625 bits per heavy atom. The molecular weight excluding hydrogens is 585 g/mol. The number of rotatable bonds is 7. The number of guanidine groups is 1. The van der Waals surface area contributed by atoms with Crippen molar-refractivity contribution in [2.24, 2.45) is 9.98 Å². The summed E-state index contributed by atoms with van der Waals surface area (Å²) in [6.45, 7) is 4.48. The zero-order chi connectivity index (χ0) is 32.5. The van der Waals surface area contributed by atoms with Gasteiger partial charge in [0.1, 0.15) is 0 Å². The second-order valence-corrected chi connectivity index (χ2v) is 12.3. The molecule has 7 aromatic rings. The Balaban J connectivity index is 1.50. The lowest BCUT2D eigenvalue weighted by molar-refractivity contribution is 0.749. The van der Waals surface area contributed by atoms with Crippen molar-refractivity contribution in [3.63, 3.8) is 0 Å². The molecule has 1 atom stereocenters. The molecule has 0 radical (unpaired) electrons. The largest absolute Gasteiger partial charge is 0.307 e. The number of benzene rings is 6. The molecule has 0 bridgehead atoms. The molecule has 48 heavy (non-hydrogen) atoms. The summed E-state index contributed by atoms with van der Waals surface area (Å²) in [6, 6.07) is 54.0. The second-order valence-electron chi connectivity index (χ2n) is 12.3. The minimum atomic E-state index is -0.0746. The molecule has 0 saturated heterocycles. The van der Waals surface area contributed by atoms with Crippen LogP contribution in [-0.2, 0) is 12.8 Å². The molecule has 0 amide bonds. The lowest BCUT2D eigenvalue weighted by atomic mass is 9.96. The number of para-hydroxylation sites is 3. The van der Waals surface area contributed by atoms with Gasteiger partial charge in [0.2, 0.25) is 5.96 Å². The van der Waals surface area contributed by atoms with Crippen LogP contribution >= 0.6 is 0 Å². The van der Waals surface area contributed by atoms with Gasteiger partial charge in [-0.3, -0.25) is 4.90 Å². The lowest BCUT2D eigenvalue weighted by Gasteiger charge is -2.32. The first kappa shape index (κ1) is 29.6. The second kappa shape index (κ2) is 12.8. The van der Waals surface area contributed by atoms with Gasteiger partial charge in [0.15, 0.2) is 0 Å². The van der Waals surface area contributed by atoms with Gasteiger partial charge in [0.25, 0.3) is 0 Å². The van der Waals surface area contributed by atoms with Crippen LogP contribution in [0.2, 0.25) is 0 Å². The van der Waals surface area contributed by atoms with E-state index in [0.29, 0.717) is 5.96 Å². The third kappa shape index (κ3) is 5.20. The van der Waals surface area contributed by atoms with Gasteiger partial charge >= 0.3 is 0 Å². The molecule has 2 heterocycles. The highest BCUT2D eigenvalue weighted by Gasteiger charge is 2.30. The molecule has 1 unspecified atom stereocenters. The molecule has 0 saturated carbocycles. The molecule has 0 aliphatic carbocycles. The summed E-state index contributed by atoms with van der Waals surface area (Å²) in [7, 11) is 0. The van der Waals surface area contributed by atoms with Crippen LogP contribution in [0.5, 0.6) is 0 Å². The van der Waals surface area contributed by atoms with Gasteiger partial charge < -0.3 is 4.57 Å². The minimum absolute atomic E-state index is 0.0746. The van der Waals surface area contributed by atoms with Crippen molar-refractivity contribution in [3.05, 3.63) is 174 Å². The standard InChI is InChI=1S/C44H38N4/c1-3-31-18-14-16-26-40(31)48(44-45-38(33-19-8-5-9-20-33)30-39(46-44)34-21-10-6-11-22-34)42-32(4-2)28-29-37-36-25-15-17-27-41(36)47(43(37)42)35-23-12-7-13-24-35/h5-29,38H,3-4,30H2,1-2H3. The van der Waals surface area contributed by atoms with Crippen LogP contribution in [-0.4, -0.2) is 16.2 Å². The molecule has 4 heteroatoms. The molecule has 234 valence electrons. The van der Waals surface area contributed by atoms with E-state index in [1.165, 1.54) is 33.0 Å². The highest BCUT2D eigenvalue weighted by atomic mass is 15.3. The fourth-order valence-corrected chi connectivity index (χ4v) is 7.17. The topological polar surface area (TPSA) is 32.9 Å². The molecule has 1 aromatic heterocycles.